The maximum absolute atomic E-state index is 13.8. The van der Waals surface area contributed by atoms with Crippen LogP contribution in [0.2, 0.25) is 0 Å². The van der Waals surface area contributed by atoms with Crippen LogP contribution < -0.4 is 4.90 Å². The second kappa shape index (κ2) is 4.99. The van der Waals surface area contributed by atoms with Crippen molar-refractivity contribution in [1.82, 2.24) is 0 Å². The molecule has 5 heteroatoms. The molecule has 3 unspecified atom stereocenters. The lowest BCUT2D eigenvalue weighted by atomic mass is 9.80. The molecule has 1 aliphatic heterocycles. The molecule has 102 valence electrons. The molecule has 19 heavy (non-hydrogen) atoms. The zero-order valence-electron chi connectivity index (χ0n) is 10.8. The quantitative estimate of drug-likeness (QED) is 0.892. The van der Waals surface area contributed by atoms with E-state index in [-0.39, 0.29) is 23.9 Å². The summed E-state index contributed by atoms with van der Waals surface area (Å²) in [5, 5.41) is 9.27. The van der Waals surface area contributed by atoms with Gasteiger partial charge < -0.3 is 10.0 Å². The molecule has 0 aliphatic carbocycles. The Kier molecular flexibility index (Phi) is 3.55. The van der Waals surface area contributed by atoms with Crippen LogP contribution in [0.5, 0.6) is 0 Å². The molecule has 1 saturated heterocycles. The summed E-state index contributed by atoms with van der Waals surface area (Å²) in [6.45, 7) is 3.39. The van der Waals surface area contributed by atoms with E-state index in [9.17, 15) is 19.1 Å². The molecule has 0 bridgehead atoms. The van der Waals surface area contributed by atoms with Crippen LogP contribution in [-0.2, 0) is 9.59 Å². The minimum absolute atomic E-state index is 0.121. The molecule has 1 fully saturated rings. The summed E-state index contributed by atoms with van der Waals surface area (Å²) in [7, 11) is 0. The van der Waals surface area contributed by atoms with Crippen LogP contribution in [0.15, 0.2) is 24.3 Å². The molecule has 1 aromatic carbocycles. The van der Waals surface area contributed by atoms with Crippen molar-refractivity contribution in [1.29, 1.82) is 0 Å². The number of nitrogens with zero attached hydrogens (tertiary/aromatic N) is 1. The van der Waals surface area contributed by atoms with Gasteiger partial charge in [0.1, 0.15) is 5.82 Å². The third-order valence-corrected chi connectivity index (χ3v) is 3.70. The van der Waals surface area contributed by atoms with E-state index >= 15 is 0 Å². The van der Waals surface area contributed by atoms with E-state index in [0.717, 1.165) is 0 Å². The van der Waals surface area contributed by atoms with E-state index in [0.29, 0.717) is 0 Å². The zero-order valence-corrected chi connectivity index (χ0v) is 10.8. The monoisotopic (exact) mass is 265 g/mol. The Balaban J connectivity index is 2.42. The minimum Gasteiger partial charge on any atom is -0.481 e. The molecular formula is C14H16FNO3. The van der Waals surface area contributed by atoms with Gasteiger partial charge in [0.15, 0.2) is 0 Å². The molecular weight excluding hydrogens is 249 g/mol. The first-order chi connectivity index (χ1) is 8.93. The topological polar surface area (TPSA) is 57.6 Å². The van der Waals surface area contributed by atoms with Gasteiger partial charge in [-0.25, -0.2) is 4.39 Å². The first kappa shape index (κ1) is 13.5. The summed E-state index contributed by atoms with van der Waals surface area (Å²) in [6, 6.07) is 5.37. The smallest absolute Gasteiger partial charge is 0.308 e. The lowest BCUT2D eigenvalue weighted by molar-refractivity contribution is -0.146. The number of amides is 1. The minimum atomic E-state index is -0.950. The molecule has 1 aromatic rings. The van der Waals surface area contributed by atoms with E-state index in [1.165, 1.54) is 23.1 Å². The van der Waals surface area contributed by atoms with Gasteiger partial charge in [-0.15, -0.1) is 0 Å². The number of carbonyl (C=O) groups excluding carboxylic acids is 1. The average molecular weight is 265 g/mol. The molecule has 1 amide bonds. The maximum atomic E-state index is 13.8. The summed E-state index contributed by atoms with van der Waals surface area (Å²) in [5.41, 5.74) is 0.151. The number of hydrogen-bond donors (Lipinski definition) is 1. The van der Waals surface area contributed by atoms with Crippen molar-refractivity contribution in [3.05, 3.63) is 30.1 Å². The van der Waals surface area contributed by atoms with E-state index in [1.807, 2.05) is 0 Å². The van der Waals surface area contributed by atoms with Crippen LogP contribution in [0.25, 0.3) is 0 Å². The molecule has 3 atom stereocenters. The lowest BCUT2D eigenvalue weighted by Crippen LogP contribution is -2.53. The number of carboxylic acid groups (broad SMARTS) is 1. The van der Waals surface area contributed by atoms with Crippen molar-refractivity contribution in [3.63, 3.8) is 0 Å². The van der Waals surface area contributed by atoms with Gasteiger partial charge in [-0.05, 0) is 25.0 Å². The molecule has 1 heterocycles. The highest BCUT2D eigenvalue weighted by Gasteiger charge is 2.42. The van der Waals surface area contributed by atoms with E-state index in [4.69, 9.17) is 0 Å². The predicted molar refractivity (Wildman–Crippen MR) is 68.3 cm³/mol. The van der Waals surface area contributed by atoms with Crippen molar-refractivity contribution in [2.45, 2.75) is 26.3 Å². The van der Waals surface area contributed by atoms with Crippen molar-refractivity contribution in [3.8, 4) is 0 Å². The molecule has 0 radical (unpaired) electrons. The summed E-state index contributed by atoms with van der Waals surface area (Å²) >= 11 is 0. The van der Waals surface area contributed by atoms with Crippen LogP contribution >= 0.6 is 0 Å². The second-order valence-electron chi connectivity index (χ2n) is 5.00. The maximum Gasteiger partial charge on any atom is 0.308 e. The van der Waals surface area contributed by atoms with Crippen molar-refractivity contribution in [2.75, 3.05) is 4.90 Å². The fraction of sp³-hybridized carbons (Fsp3) is 0.429. The number of para-hydroxylation sites is 1. The predicted octanol–water partition coefficient (Wildman–Crippen LogP) is 2.29. The second-order valence-corrected chi connectivity index (χ2v) is 5.00. The Morgan fingerprint density at radius 1 is 1.37 bits per heavy atom. The standard InChI is InChI=1S/C14H16FNO3/c1-8-7-12(17)16(9(2)13(8)14(18)19)11-6-4-3-5-10(11)15/h3-6,8-9,13H,7H2,1-2H3,(H,18,19). The number of anilines is 1. The summed E-state index contributed by atoms with van der Waals surface area (Å²) < 4.78 is 13.8. The molecule has 4 nitrogen and oxygen atoms in total. The van der Waals surface area contributed by atoms with Crippen molar-refractivity contribution >= 4 is 17.6 Å². The van der Waals surface area contributed by atoms with E-state index in [1.54, 1.807) is 19.9 Å². The molecule has 0 spiro atoms. The van der Waals surface area contributed by atoms with Gasteiger partial charge in [-0.3, -0.25) is 9.59 Å². The summed E-state index contributed by atoms with van der Waals surface area (Å²) in [5.74, 6) is -2.63. The third kappa shape index (κ3) is 2.32. The van der Waals surface area contributed by atoms with Gasteiger partial charge in [0.2, 0.25) is 5.91 Å². The Labute approximate surface area is 110 Å². The van der Waals surface area contributed by atoms with Crippen molar-refractivity contribution < 1.29 is 19.1 Å². The number of halogens is 1. The fourth-order valence-electron chi connectivity index (χ4n) is 2.81. The fourth-order valence-corrected chi connectivity index (χ4v) is 2.81. The van der Waals surface area contributed by atoms with E-state index < -0.39 is 23.7 Å². The van der Waals surface area contributed by atoms with E-state index in [2.05, 4.69) is 0 Å². The third-order valence-electron chi connectivity index (χ3n) is 3.70. The largest absolute Gasteiger partial charge is 0.481 e. The number of piperidine rings is 1. The van der Waals surface area contributed by atoms with Gasteiger partial charge in [-0.2, -0.15) is 0 Å². The number of hydrogen-bond acceptors (Lipinski definition) is 2. The van der Waals surface area contributed by atoms with Gasteiger partial charge in [0.25, 0.3) is 0 Å². The van der Waals surface area contributed by atoms with Crippen LogP contribution in [0.4, 0.5) is 10.1 Å². The van der Waals surface area contributed by atoms with Gasteiger partial charge in [-0.1, -0.05) is 19.1 Å². The van der Waals surface area contributed by atoms with Crippen LogP contribution in [-0.4, -0.2) is 23.0 Å². The average Bonchev–Trinajstić information content (AvgIpc) is 2.30. The first-order valence-corrected chi connectivity index (χ1v) is 6.23. The SMILES string of the molecule is CC1CC(=O)N(c2ccccc2F)C(C)C1C(=O)O. The van der Waals surface area contributed by atoms with Crippen molar-refractivity contribution in [2.24, 2.45) is 11.8 Å². The number of aliphatic carboxylic acids is 1. The van der Waals surface area contributed by atoms with Gasteiger partial charge in [0.05, 0.1) is 11.6 Å². The number of benzene rings is 1. The first-order valence-electron chi connectivity index (χ1n) is 6.23. The summed E-state index contributed by atoms with van der Waals surface area (Å²) in [4.78, 5) is 24.7. The Hall–Kier alpha value is -1.91. The molecule has 2 rings (SSSR count). The number of carbonyl (C=O) groups is 2. The van der Waals surface area contributed by atoms with Crippen LogP contribution in [0.1, 0.15) is 20.3 Å². The normalized spacial score (nSPS) is 27.4. The number of rotatable bonds is 2. The summed E-state index contributed by atoms with van der Waals surface area (Å²) in [6.07, 6.45) is 0.121. The van der Waals surface area contributed by atoms with Crippen LogP contribution in [0.3, 0.4) is 0 Å². The molecule has 0 aromatic heterocycles. The highest BCUT2D eigenvalue weighted by molar-refractivity contribution is 5.96. The highest BCUT2D eigenvalue weighted by atomic mass is 19.1. The Morgan fingerprint density at radius 2 is 2.00 bits per heavy atom. The lowest BCUT2D eigenvalue weighted by Gasteiger charge is -2.40. The Morgan fingerprint density at radius 3 is 2.58 bits per heavy atom. The van der Waals surface area contributed by atoms with Gasteiger partial charge >= 0.3 is 5.97 Å². The highest BCUT2D eigenvalue weighted by Crippen LogP contribution is 2.34. The van der Waals surface area contributed by atoms with Crippen LogP contribution in [0, 0.1) is 17.7 Å². The molecule has 0 saturated carbocycles. The van der Waals surface area contributed by atoms with Gasteiger partial charge in [0, 0.05) is 12.5 Å². The molecule has 1 N–H and O–H groups in total. The molecule has 1 aliphatic rings. The zero-order chi connectivity index (χ0) is 14.2. The Bertz CT molecular complexity index is 517. The number of carboxylic acids is 1.